The summed E-state index contributed by atoms with van der Waals surface area (Å²) in [6.45, 7) is 0.391. The maximum atomic E-state index is 12.6. The lowest BCUT2D eigenvalue weighted by atomic mass is 10.1. The van der Waals surface area contributed by atoms with Crippen LogP contribution in [0, 0.1) is 5.92 Å². The predicted molar refractivity (Wildman–Crippen MR) is 96.8 cm³/mol. The van der Waals surface area contributed by atoms with Gasteiger partial charge in [0.05, 0.1) is 10.6 Å². The molecule has 0 spiro atoms. The molecule has 2 aromatic carbocycles. The molecule has 1 saturated carbocycles. The van der Waals surface area contributed by atoms with Gasteiger partial charge in [-0.2, -0.15) is 0 Å². The Labute approximate surface area is 148 Å². The smallest absolute Gasteiger partial charge is 0.251 e. The Morgan fingerprint density at radius 2 is 1.84 bits per heavy atom. The van der Waals surface area contributed by atoms with Gasteiger partial charge >= 0.3 is 0 Å². The zero-order chi connectivity index (χ0) is 17.9. The van der Waals surface area contributed by atoms with Gasteiger partial charge in [-0.15, -0.1) is 0 Å². The van der Waals surface area contributed by atoms with Crippen molar-refractivity contribution in [1.29, 1.82) is 0 Å². The molecule has 0 radical (unpaired) electrons. The fraction of sp³-hybridized carbons (Fsp3) is 0.316. The van der Waals surface area contributed by atoms with Crippen LogP contribution < -0.4 is 11.1 Å². The van der Waals surface area contributed by atoms with Crippen LogP contribution in [0.15, 0.2) is 59.5 Å². The Morgan fingerprint density at radius 3 is 2.48 bits per heavy atom. The van der Waals surface area contributed by atoms with E-state index in [4.69, 9.17) is 5.73 Å². The predicted octanol–water partition coefficient (Wildman–Crippen LogP) is 2.13. The fourth-order valence-electron chi connectivity index (χ4n) is 2.83. The van der Waals surface area contributed by atoms with Crippen LogP contribution in [0.3, 0.4) is 0 Å². The van der Waals surface area contributed by atoms with E-state index in [1.165, 1.54) is 12.1 Å². The van der Waals surface area contributed by atoms with E-state index >= 15 is 0 Å². The average Bonchev–Trinajstić information content (AvgIpc) is 3.45. The summed E-state index contributed by atoms with van der Waals surface area (Å²) < 4.78 is 25.2. The van der Waals surface area contributed by atoms with Crippen molar-refractivity contribution in [2.24, 2.45) is 11.7 Å². The first-order chi connectivity index (χ1) is 12.0. The van der Waals surface area contributed by atoms with Gasteiger partial charge in [0.25, 0.3) is 5.91 Å². The summed E-state index contributed by atoms with van der Waals surface area (Å²) in [5.41, 5.74) is 6.77. The van der Waals surface area contributed by atoms with E-state index in [1.54, 1.807) is 36.4 Å². The van der Waals surface area contributed by atoms with E-state index in [0.717, 1.165) is 12.8 Å². The summed E-state index contributed by atoms with van der Waals surface area (Å²) in [6.07, 6.45) is 2.15. The number of rotatable bonds is 7. The number of benzene rings is 2. The molecule has 1 amide bonds. The molecule has 2 aromatic rings. The molecule has 1 aliphatic carbocycles. The Hall–Kier alpha value is -2.18. The molecule has 3 rings (SSSR count). The van der Waals surface area contributed by atoms with Gasteiger partial charge in [-0.1, -0.05) is 36.4 Å². The largest absolute Gasteiger partial charge is 0.348 e. The van der Waals surface area contributed by atoms with E-state index in [9.17, 15) is 13.2 Å². The van der Waals surface area contributed by atoms with Crippen molar-refractivity contribution >= 4 is 15.7 Å². The molecule has 0 saturated heterocycles. The minimum Gasteiger partial charge on any atom is -0.348 e. The summed E-state index contributed by atoms with van der Waals surface area (Å²) in [5.74, 6) is 0.0740. The Kier molecular flexibility index (Phi) is 5.20. The third-order valence-electron chi connectivity index (χ3n) is 4.42. The first-order valence-corrected chi connectivity index (χ1v) is 10.0. The molecule has 0 bridgehead atoms. The highest BCUT2D eigenvalue weighted by Gasteiger charge is 2.31. The Balaban J connectivity index is 1.77. The van der Waals surface area contributed by atoms with Crippen molar-refractivity contribution in [3.05, 3.63) is 65.7 Å². The molecule has 5 nitrogen and oxygen atoms in total. The molecule has 132 valence electrons. The Morgan fingerprint density at radius 1 is 1.12 bits per heavy atom. The molecular weight excluding hydrogens is 336 g/mol. The minimum atomic E-state index is -3.51. The standard InChI is InChI=1S/C19H22N2O3S/c20-12-18(15-9-10-15)21-19(22)16-7-4-8-17(11-16)25(23,24)13-14-5-2-1-3-6-14/h1-8,11,15,18H,9-10,12-13,20H2,(H,21,22). The first-order valence-electron chi connectivity index (χ1n) is 8.37. The van der Waals surface area contributed by atoms with Crippen molar-refractivity contribution in [3.63, 3.8) is 0 Å². The second kappa shape index (κ2) is 7.37. The highest BCUT2D eigenvalue weighted by atomic mass is 32.2. The third-order valence-corrected chi connectivity index (χ3v) is 6.10. The fourth-order valence-corrected chi connectivity index (χ4v) is 4.22. The zero-order valence-corrected chi connectivity index (χ0v) is 14.7. The van der Waals surface area contributed by atoms with Crippen LogP contribution in [-0.2, 0) is 15.6 Å². The van der Waals surface area contributed by atoms with Crippen molar-refractivity contribution in [2.75, 3.05) is 6.54 Å². The summed E-state index contributed by atoms with van der Waals surface area (Å²) in [5, 5.41) is 2.91. The van der Waals surface area contributed by atoms with E-state index in [0.29, 0.717) is 23.6 Å². The first kappa shape index (κ1) is 17.6. The molecule has 0 aliphatic heterocycles. The van der Waals surface area contributed by atoms with Gasteiger partial charge in [-0.3, -0.25) is 4.79 Å². The van der Waals surface area contributed by atoms with Crippen LogP contribution in [0.1, 0.15) is 28.8 Å². The van der Waals surface area contributed by atoms with Gasteiger partial charge in [0.2, 0.25) is 0 Å². The van der Waals surface area contributed by atoms with Crippen LogP contribution in [0.2, 0.25) is 0 Å². The zero-order valence-electron chi connectivity index (χ0n) is 13.9. The van der Waals surface area contributed by atoms with E-state index in [1.807, 2.05) is 6.07 Å². The molecule has 1 atom stereocenters. The summed E-state index contributed by atoms with van der Waals surface area (Å²) in [7, 11) is -3.51. The number of nitrogens with one attached hydrogen (secondary N) is 1. The van der Waals surface area contributed by atoms with E-state index < -0.39 is 9.84 Å². The molecule has 6 heteroatoms. The van der Waals surface area contributed by atoms with Crippen LogP contribution in [-0.4, -0.2) is 26.9 Å². The maximum Gasteiger partial charge on any atom is 0.251 e. The molecule has 1 unspecified atom stereocenters. The molecule has 3 N–H and O–H groups in total. The van der Waals surface area contributed by atoms with E-state index in [-0.39, 0.29) is 22.6 Å². The lowest BCUT2D eigenvalue weighted by Gasteiger charge is -2.16. The van der Waals surface area contributed by atoms with Crippen molar-refractivity contribution in [1.82, 2.24) is 5.32 Å². The molecule has 0 aromatic heterocycles. The number of hydrogen-bond donors (Lipinski definition) is 2. The van der Waals surface area contributed by atoms with Gasteiger partial charge in [-0.25, -0.2) is 8.42 Å². The molecule has 0 heterocycles. The number of nitrogens with two attached hydrogens (primary N) is 1. The minimum absolute atomic E-state index is 0.0444. The van der Waals surface area contributed by atoms with Crippen molar-refractivity contribution in [2.45, 2.75) is 29.5 Å². The second-order valence-electron chi connectivity index (χ2n) is 6.43. The van der Waals surface area contributed by atoms with Crippen LogP contribution in [0.5, 0.6) is 0 Å². The normalized spacial score (nSPS) is 15.6. The van der Waals surface area contributed by atoms with Gasteiger partial charge < -0.3 is 11.1 Å². The number of hydrogen-bond acceptors (Lipinski definition) is 4. The summed E-state index contributed by atoms with van der Waals surface area (Å²) in [6, 6.07) is 15.1. The molecular formula is C19H22N2O3S. The molecule has 25 heavy (non-hydrogen) atoms. The van der Waals surface area contributed by atoms with Crippen molar-refractivity contribution in [3.8, 4) is 0 Å². The number of sulfone groups is 1. The third kappa shape index (κ3) is 4.46. The molecule has 1 fully saturated rings. The highest BCUT2D eigenvalue weighted by molar-refractivity contribution is 7.90. The van der Waals surface area contributed by atoms with Gasteiger partial charge in [0, 0.05) is 18.2 Å². The average molecular weight is 358 g/mol. The second-order valence-corrected chi connectivity index (χ2v) is 8.42. The van der Waals surface area contributed by atoms with Crippen molar-refractivity contribution < 1.29 is 13.2 Å². The molecule has 1 aliphatic rings. The maximum absolute atomic E-state index is 12.6. The van der Waals surface area contributed by atoms with E-state index in [2.05, 4.69) is 5.32 Å². The number of carbonyl (C=O) groups is 1. The van der Waals surface area contributed by atoms with Crippen LogP contribution in [0.4, 0.5) is 0 Å². The highest BCUT2D eigenvalue weighted by Crippen LogP contribution is 2.32. The quantitative estimate of drug-likeness (QED) is 0.793. The summed E-state index contributed by atoms with van der Waals surface area (Å²) in [4.78, 5) is 12.6. The lowest BCUT2D eigenvalue weighted by Crippen LogP contribution is -2.41. The van der Waals surface area contributed by atoms with Gasteiger partial charge in [-0.05, 0) is 42.5 Å². The number of amides is 1. The summed E-state index contributed by atoms with van der Waals surface area (Å²) >= 11 is 0. The van der Waals surface area contributed by atoms with Crippen LogP contribution >= 0.6 is 0 Å². The Bertz CT molecular complexity index is 846. The van der Waals surface area contributed by atoms with Gasteiger partial charge in [0.15, 0.2) is 9.84 Å². The van der Waals surface area contributed by atoms with Crippen LogP contribution in [0.25, 0.3) is 0 Å². The topological polar surface area (TPSA) is 89.3 Å². The SMILES string of the molecule is NCC(NC(=O)c1cccc(S(=O)(=O)Cc2ccccc2)c1)C1CC1. The van der Waals surface area contributed by atoms with Gasteiger partial charge in [0.1, 0.15) is 0 Å². The lowest BCUT2D eigenvalue weighted by molar-refractivity contribution is 0.0933. The monoisotopic (exact) mass is 358 g/mol. The number of carbonyl (C=O) groups excluding carboxylic acids is 1.